The molecule has 1 N–H and O–H groups in total. The third-order valence-corrected chi connectivity index (χ3v) is 4.06. The number of carbonyl (C=O) groups excluding carboxylic acids is 3. The number of hydrogen-bond acceptors (Lipinski definition) is 5. The molecule has 2 aromatic rings. The molecule has 0 fully saturated rings. The molecule has 27 heavy (non-hydrogen) atoms. The summed E-state index contributed by atoms with van der Waals surface area (Å²) in [6.07, 6.45) is -0.0372. The number of fused-ring (bicyclic) bond motifs is 1. The molecule has 0 atom stereocenters. The summed E-state index contributed by atoms with van der Waals surface area (Å²) < 4.78 is 10.3. The Morgan fingerprint density at radius 3 is 2.81 bits per heavy atom. The maximum absolute atomic E-state index is 12.0. The van der Waals surface area contributed by atoms with E-state index < -0.39 is 18.5 Å². The van der Waals surface area contributed by atoms with E-state index in [9.17, 15) is 14.4 Å². The SMILES string of the molecule is O=C(COC(=O)CCN1C(=O)COc2ccccc21)Nc1cccc(Cl)c1. The van der Waals surface area contributed by atoms with Crippen LogP contribution in [0.4, 0.5) is 11.4 Å². The molecule has 1 aliphatic rings. The Balaban J connectivity index is 1.47. The number of carbonyl (C=O) groups is 3. The molecule has 0 aromatic heterocycles. The van der Waals surface area contributed by atoms with E-state index >= 15 is 0 Å². The third-order valence-electron chi connectivity index (χ3n) is 3.82. The number of esters is 1. The van der Waals surface area contributed by atoms with Crippen LogP contribution in [0, 0.1) is 0 Å². The second kappa shape index (κ2) is 8.55. The van der Waals surface area contributed by atoms with Crippen molar-refractivity contribution in [2.24, 2.45) is 0 Å². The summed E-state index contributed by atoms with van der Waals surface area (Å²) in [6.45, 7) is -0.346. The van der Waals surface area contributed by atoms with Crippen molar-refractivity contribution in [1.29, 1.82) is 0 Å². The number of amides is 2. The summed E-state index contributed by atoms with van der Waals surface area (Å²) in [5, 5.41) is 3.07. The maximum atomic E-state index is 12.0. The Morgan fingerprint density at radius 1 is 1.19 bits per heavy atom. The molecule has 1 aliphatic heterocycles. The van der Waals surface area contributed by atoms with Crippen LogP contribution in [0.1, 0.15) is 6.42 Å². The lowest BCUT2D eigenvalue weighted by Gasteiger charge is -2.28. The fourth-order valence-electron chi connectivity index (χ4n) is 2.58. The molecular weight excluding hydrogens is 372 g/mol. The van der Waals surface area contributed by atoms with Gasteiger partial charge in [0.05, 0.1) is 12.1 Å². The fourth-order valence-corrected chi connectivity index (χ4v) is 2.77. The van der Waals surface area contributed by atoms with Gasteiger partial charge in [-0.15, -0.1) is 0 Å². The number of nitrogens with one attached hydrogen (secondary N) is 1. The predicted octanol–water partition coefficient (Wildman–Crippen LogP) is 2.64. The quantitative estimate of drug-likeness (QED) is 0.769. The summed E-state index contributed by atoms with van der Waals surface area (Å²) in [5.41, 5.74) is 1.12. The van der Waals surface area contributed by atoms with Gasteiger partial charge < -0.3 is 19.7 Å². The molecule has 2 aromatic carbocycles. The van der Waals surface area contributed by atoms with Gasteiger partial charge in [0.2, 0.25) is 0 Å². The van der Waals surface area contributed by atoms with Crippen LogP contribution in [0.5, 0.6) is 5.75 Å². The first-order valence-electron chi connectivity index (χ1n) is 8.26. The second-order valence-corrected chi connectivity index (χ2v) is 6.21. The van der Waals surface area contributed by atoms with Gasteiger partial charge in [-0.25, -0.2) is 0 Å². The molecule has 0 radical (unpaired) electrons. The first-order chi connectivity index (χ1) is 13.0. The van der Waals surface area contributed by atoms with E-state index in [2.05, 4.69) is 5.32 Å². The lowest BCUT2D eigenvalue weighted by Crippen LogP contribution is -2.40. The maximum Gasteiger partial charge on any atom is 0.308 e. The molecule has 8 heteroatoms. The number of halogens is 1. The van der Waals surface area contributed by atoms with Gasteiger partial charge in [0.15, 0.2) is 13.2 Å². The van der Waals surface area contributed by atoms with E-state index in [0.717, 1.165) is 0 Å². The van der Waals surface area contributed by atoms with E-state index in [-0.39, 0.29) is 25.5 Å². The smallest absolute Gasteiger partial charge is 0.308 e. The number of anilines is 2. The van der Waals surface area contributed by atoms with Crippen molar-refractivity contribution >= 4 is 40.8 Å². The molecule has 140 valence electrons. The average molecular weight is 389 g/mol. The number of ether oxygens (including phenoxy) is 2. The van der Waals surface area contributed by atoms with Gasteiger partial charge >= 0.3 is 5.97 Å². The van der Waals surface area contributed by atoms with Crippen LogP contribution in [0.3, 0.4) is 0 Å². The second-order valence-electron chi connectivity index (χ2n) is 5.77. The monoisotopic (exact) mass is 388 g/mol. The number of benzene rings is 2. The Kier molecular flexibility index (Phi) is 5.93. The highest BCUT2D eigenvalue weighted by atomic mass is 35.5. The third kappa shape index (κ3) is 4.98. The predicted molar refractivity (Wildman–Crippen MR) is 99.9 cm³/mol. The van der Waals surface area contributed by atoms with E-state index in [1.165, 1.54) is 4.90 Å². The summed E-state index contributed by atoms with van der Waals surface area (Å²) in [5.74, 6) is -0.696. The van der Waals surface area contributed by atoms with Crippen LogP contribution in [0.15, 0.2) is 48.5 Å². The first kappa shape index (κ1) is 18.7. The largest absolute Gasteiger partial charge is 0.482 e. The zero-order valence-corrected chi connectivity index (χ0v) is 15.1. The minimum atomic E-state index is -0.576. The zero-order valence-electron chi connectivity index (χ0n) is 14.3. The lowest BCUT2D eigenvalue weighted by atomic mass is 10.2. The van der Waals surface area contributed by atoms with Crippen molar-refractivity contribution in [3.8, 4) is 5.75 Å². The Bertz CT molecular complexity index is 871. The molecule has 0 saturated heterocycles. The van der Waals surface area contributed by atoms with Crippen LogP contribution < -0.4 is 15.0 Å². The van der Waals surface area contributed by atoms with Crippen molar-refractivity contribution < 1.29 is 23.9 Å². The molecule has 0 unspecified atom stereocenters. The van der Waals surface area contributed by atoms with Gasteiger partial charge in [0, 0.05) is 17.3 Å². The molecule has 1 heterocycles. The van der Waals surface area contributed by atoms with E-state index in [4.69, 9.17) is 21.1 Å². The number of rotatable bonds is 6. The Hall–Kier alpha value is -3.06. The summed E-state index contributed by atoms with van der Waals surface area (Å²) in [6, 6.07) is 13.7. The molecule has 7 nitrogen and oxygen atoms in total. The topological polar surface area (TPSA) is 84.9 Å². The highest BCUT2D eigenvalue weighted by Crippen LogP contribution is 2.31. The first-order valence-corrected chi connectivity index (χ1v) is 8.64. The van der Waals surface area contributed by atoms with Crippen molar-refractivity contribution in [3.63, 3.8) is 0 Å². The molecule has 3 rings (SSSR count). The molecule has 2 amide bonds. The molecule has 0 saturated carbocycles. The van der Waals surface area contributed by atoms with Crippen LogP contribution in [-0.2, 0) is 19.1 Å². The van der Waals surface area contributed by atoms with Gasteiger partial charge in [-0.2, -0.15) is 0 Å². The Labute approximate surface area is 160 Å². The summed E-state index contributed by atoms with van der Waals surface area (Å²) >= 11 is 5.84. The average Bonchev–Trinajstić information content (AvgIpc) is 2.65. The van der Waals surface area contributed by atoms with Crippen LogP contribution >= 0.6 is 11.6 Å². The van der Waals surface area contributed by atoms with Gasteiger partial charge in [-0.05, 0) is 30.3 Å². The van der Waals surface area contributed by atoms with E-state index in [0.29, 0.717) is 22.1 Å². The van der Waals surface area contributed by atoms with Crippen LogP contribution in [0.2, 0.25) is 5.02 Å². The van der Waals surface area contributed by atoms with Gasteiger partial charge in [0.1, 0.15) is 5.75 Å². The highest BCUT2D eigenvalue weighted by Gasteiger charge is 2.25. The van der Waals surface area contributed by atoms with Gasteiger partial charge in [-0.1, -0.05) is 29.8 Å². The normalized spacial score (nSPS) is 12.8. The molecule has 0 spiro atoms. The molecule has 0 aliphatic carbocycles. The van der Waals surface area contributed by atoms with E-state index in [1.54, 1.807) is 48.5 Å². The molecular formula is C19H17ClN2O5. The standard InChI is InChI=1S/C19H17ClN2O5/c20-13-4-3-5-14(10-13)21-17(23)11-27-19(25)8-9-22-15-6-1-2-7-16(15)26-12-18(22)24/h1-7,10H,8-9,11-12H2,(H,21,23). The lowest BCUT2D eigenvalue weighted by molar-refractivity contribution is -0.147. The summed E-state index contributed by atoms with van der Waals surface area (Å²) in [7, 11) is 0. The van der Waals surface area contributed by atoms with Crippen LogP contribution in [-0.4, -0.2) is 37.5 Å². The van der Waals surface area contributed by atoms with Crippen molar-refractivity contribution in [2.45, 2.75) is 6.42 Å². The van der Waals surface area contributed by atoms with E-state index in [1.807, 2.05) is 0 Å². The number of para-hydroxylation sites is 2. The minimum absolute atomic E-state index is 0.0372. The minimum Gasteiger partial charge on any atom is -0.482 e. The fraction of sp³-hybridized carbons (Fsp3) is 0.211. The number of nitrogens with zero attached hydrogens (tertiary/aromatic N) is 1. The zero-order chi connectivity index (χ0) is 19.2. The summed E-state index contributed by atoms with van der Waals surface area (Å²) in [4.78, 5) is 37.3. The van der Waals surface area contributed by atoms with Crippen molar-refractivity contribution in [2.75, 3.05) is 30.0 Å². The van der Waals surface area contributed by atoms with Crippen molar-refractivity contribution in [1.82, 2.24) is 0 Å². The van der Waals surface area contributed by atoms with Gasteiger partial charge in [0.25, 0.3) is 11.8 Å². The molecule has 0 bridgehead atoms. The Morgan fingerprint density at radius 2 is 2.00 bits per heavy atom. The van der Waals surface area contributed by atoms with Gasteiger partial charge in [-0.3, -0.25) is 14.4 Å². The van der Waals surface area contributed by atoms with Crippen molar-refractivity contribution in [3.05, 3.63) is 53.6 Å². The highest BCUT2D eigenvalue weighted by molar-refractivity contribution is 6.30. The van der Waals surface area contributed by atoms with Crippen LogP contribution in [0.25, 0.3) is 0 Å². The number of hydrogen-bond donors (Lipinski definition) is 1.